The molecule has 0 atom stereocenters. The summed E-state index contributed by atoms with van der Waals surface area (Å²) in [6, 6.07) is 0. The number of carbonyl (C=O) groups excluding carboxylic acids is 1. The molecule has 0 bridgehead atoms. The van der Waals surface area contributed by atoms with Gasteiger partial charge in [-0.15, -0.1) is 0 Å². The quantitative estimate of drug-likeness (QED) is 0.802. The third-order valence-electron chi connectivity index (χ3n) is 3.94. The lowest BCUT2D eigenvalue weighted by atomic mass is 10.00. The molecule has 2 aromatic heterocycles. The number of anilines is 1. The molecule has 0 unspecified atom stereocenters. The normalized spacial score (nSPS) is 15.7. The Hall–Kier alpha value is -2.02. The van der Waals surface area contributed by atoms with Crippen molar-refractivity contribution in [2.45, 2.75) is 26.7 Å². The van der Waals surface area contributed by atoms with Crippen molar-refractivity contribution in [3.63, 3.8) is 0 Å². The molecule has 1 fully saturated rings. The highest BCUT2D eigenvalue weighted by Crippen LogP contribution is 2.34. The third-order valence-corrected chi connectivity index (χ3v) is 5.03. The fraction of sp³-hybridized carbons (Fsp3) is 0.500. The molecular weight excluding hydrogens is 312 g/mol. The van der Waals surface area contributed by atoms with Crippen LogP contribution >= 0.6 is 11.3 Å². The maximum absolute atomic E-state index is 12.3. The predicted octanol–water partition coefficient (Wildman–Crippen LogP) is 3.01. The van der Waals surface area contributed by atoms with E-state index >= 15 is 0 Å². The number of carbonyl (C=O) groups is 1. The van der Waals surface area contributed by atoms with Gasteiger partial charge in [0.05, 0.1) is 12.8 Å². The summed E-state index contributed by atoms with van der Waals surface area (Å²) in [5.41, 5.74) is 1.17. The van der Waals surface area contributed by atoms with Gasteiger partial charge in [0.1, 0.15) is 16.3 Å². The second-order valence-electron chi connectivity index (χ2n) is 5.65. The average Bonchev–Trinajstić information content (AvgIpc) is 3.02. The zero-order chi connectivity index (χ0) is 16.2. The van der Waals surface area contributed by atoms with Gasteiger partial charge in [-0.3, -0.25) is 9.97 Å². The van der Waals surface area contributed by atoms with Crippen molar-refractivity contribution in [1.29, 1.82) is 0 Å². The summed E-state index contributed by atoms with van der Waals surface area (Å²) in [5.74, 6) is 0.400. The third kappa shape index (κ3) is 3.50. The number of thiazole rings is 1. The zero-order valence-electron chi connectivity index (χ0n) is 13.4. The van der Waals surface area contributed by atoms with Gasteiger partial charge in [-0.2, -0.15) is 0 Å². The Morgan fingerprint density at radius 2 is 2.17 bits per heavy atom. The van der Waals surface area contributed by atoms with Crippen LogP contribution in [0.5, 0.6) is 0 Å². The van der Waals surface area contributed by atoms with Crippen LogP contribution in [0.15, 0.2) is 18.6 Å². The molecule has 1 aliphatic rings. The molecule has 0 aliphatic carbocycles. The van der Waals surface area contributed by atoms with E-state index in [4.69, 9.17) is 4.74 Å². The van der Waals surface area contributed by atoms with E-state index in [2.05, 4.69) is 26.8 Å². The van der Waals surface area contributed by atoms with E-state index < -0.39 is 0 Å². The molecule has 0 amide bonds. The molecule has 3 rings (SSSR count). The van der Waals surface area contributed by atoms with E-state index in [9.17, 15) is 4.79 Å². The van der Waals surface area contributed by atoms with Crippen molar-refractivity contribution in [3.8, 4) is 11.4 Å². The van der Waals surface area contributed by atoms with Crippen LogP contribution in [0.1, 0.15) is 36.4 Å². The van der Waals surface area contributed by atoms with Crippen molar-refractivity contribution in [3.05, 3.63) is 23.5 Å². The summed E-state index contributed by atoms with van der Waals surface area (Å²) in [5, 5.41) is 0.862. The molecule has 23 heavy (non-hydrogen) atoms. The highest BCUT2D eigenvalue weighted by atomic mass is 32.1. The van der Waals surface area contributed by atoms with Crippen LogP contribution in [-0.4, -0.2) is 40.6 Å². The molecule has 1 saturated heterocycles. The Bertz CT molecular complexity index is 666. The van der Waals surface area contributed by atoms with Crippen molar-refractivity contribution in [1.82, 2.24) is 15.0 Å². The largest absolute Gasteiger partial charge is 0.462 e. The smallest absolute Gasteiger partial charge is 0.350 e. The van der Waals surface area contributed by atoms with E-state index in [0.29, 0.717) is 22.9 Å². The Kier molecular flexibility index (Phi) is 4.85. The second-order valence-corrected chi connectivity index (χ2v) is 6.63. The highest BCUT2D eigenvalue weighted by molar-refractivity contribution is 7.17. The molecule has 0 radical (unpaired) electrons. The van der Waals surface area contributed by atoms with Crippen LogP contribution in [0.4, 0.5) is 5.13 Å². The number of hydrogen-bond donors (Lipinski definition) is 0. The minimum Gasteiger partial charge on any atom is -0.462 e. The molecule has 2 aromatic rings. The first-order valence-corrected chi connectivity index (χ1v) is 8.70. The van der Waals surface area contributed by atoms with Crippen molar-refractivity contribution >= 4 is 22.4 Å². The van der Waals surface area contributed by atoms with Gasteiger partial charge >= 0.3 is 5.97 Å². The van der Waals surface area contributed by atoms with Crippen LogP contribution in [0.25, 0.3) is 11.4 Å². The molecule has 0 spiro atoms. The predicted molar refractivity (Wildman–Crippen MR) is 89.7 cm³/mol. The first-order valence-electron chi connectivity index (χ1n) is 7.88. The summed E-state index contributed by atoms with van der Waals surface area (Å²) in [4.78, 5) is 28.0. The topological polar surface area (TPSA) is 68.2 Å². The SMILES string of the molecule is CCOC(=O)c1sc(N2CCC(C)CC2)nc1-c1cnccn1. The molecule has 3 heterocycles. The fourth-order valence-electron chi connectivity index (χ4n) is 2.57. The van der Waals surface area contributed by atoms with Crippen LogP contribution in [-0.2, 0) is 4.74 Å². The van der Waals surface area contributed by atoms with Crippen molar-refractivity contribution < 1.29 is 9.53 Å². The Balaban J connectivity index is 1.95. The summed E-state index contributed by atoms with van der Waals surface area (Å²) < 4.78 is 5.17. The first-order chi connectivity index (χ1) is 11.2. The minimum absolute atomic E-state index is 0.340. The van der Waals surface area contributed by atoms with E-state index in [1.807, 2.05) is 0 Å². The maximum Gasteiger partial charge on any atom is 0.350 e. The van der Waals surface area contributed by atoms with Crippen LogP contribution in [0.2, 0.25) is 0 Å². The fourth-order valence-corrected chi connectivity index (χ4v) is 3.59. The lowest BCUT2D eigenvalue weighted by Crippen LogP contribution is -2.32. The van der Waals surface area contributed by atoms with Crippen molar-refractivity contribution in [2.24, 2.45) is 5.92 Å². The van der Waals surface area contributed by atoms with Gasteiger partial charge in [0.25, 0.3) is 0 Å². The van der Waals surface area contributed by atoms with E-state index in [1.54, 1.807) is 25.5 Å². The minimum atomic E-state index is -0.345. The molecule has 1 aliphatic heterocycles. The zero-order valence-corrected chi connectivity index (χ0v) is 14.2. The Morgan fingerprint density at radius 1 is 1.39 bits per heavy atom. The Morgan fingerprint density at radius 3 is 2.83 bits per heavy atom. The lowest BCUT2D eigenvalue weighted by molar-refractivity contribution is 0.0532. The standard InChI is InChI=1S/C16H20N4O2S/c1-3-22-15(21)14-13(12-10-17-6-7-18-12)19-16(23-14)20-8-4-11(2)5-9-20/h6-7,10-11H,3-5,8-9H2,1-2H3. The summed E-state index contributed by atoms with van der Waals surface area (Å²) >= 11 is 1.38. The molecule has 7 heteroatoms. The molecular formula is C16H20N4O2S. The number of esters is 1. The highest BCUT2D eigenvalue weighted by Gasteiger charge is 2.25. The maximum atomic E-state index is 12.3. The van der Waals surface area contributed by atoms with E-state index in [0.717, 1.165) is 37.0 Å². The van der Waals surface area contributed by atoms with Gasteiger partial charge in [0.2, 0.25) is 0 Å². The van der Waals surface area contributed by atoms with Gasteiger partial charge in [0, 0.05) is 25.5 Å². The lowest BCUT2D eigenvalue weighted by Gasteiger charge is -2.29. The summed E-state index contributed by atoms with van der Waals surface area (Å²) in [7, 11) is 0. The Labute approximate surface area is 139 Å². The number of rotatable bonds is 4. The van der Waals surface area contributed by atoms with Gasteiger partial charge in [-0.1, -0.05) is 18.3 Å². The second kappa shape index (κ2) is 7.04. The van der Waals surface area contributed by atoms with E-state index in [1.165, 1.54) is 11.3 Å². The molecule has 6 nitrogen and oxygen atoms in total. The summed E-state index contributed by atoms with van der Waals surface area (Å²) in [6.07, 6.45) is 7.13. The van der Waals surface area contributed by atoms with Gasteiger partial charge < -0.3 is 9.64 Å². The summed E-state index contributed by atoms with van der Waals surface area (Å²) in [6.45, 7) is 6.35. The van der Waals surface area contributed by atoms with Crippen molar-refractivity contribution in [2.75, 3.05) is 24.6 Å². The number of nitrogens with zero attached hydrogens (tertiary/aromatic N) is 4. The first kappa shape index (κ1) is 15.9. The van der Waals surface area contributed by atoms with Gasteiger partial charge in [-0.25, -0.2) is 9.78 Å². The monoisotopic (exact) mass is 332 g/mol. The number of aromatic nitrogens is 3. The number of piperidine rings is 1. The van der Waals surface area contributed by atoms with Crippen LogP contribution < -0.4 is 4.90 Å². The van der Waals surface area contributed by atoms with E-state index in [-0.39, 0.29) is 5.97 Å². The van der Waals surface area contributed by atoms with Crippen LogP contribution in [0.3, 0.4) is 0 Å². The number of hydrogen-bond acceptors (Lipinski definition) is 7. The van der Waals surface area contributed by atoms with Gasteiger partial charge in [-0.05, 0) is 25.7 Å². The molecule has 0 N–H and O–H groups in total. The molecule has 0 saturated carbocycles. The van der Waals surface area contributed by atoms with Crippen LogP contribution in [0, 0.1) is 5.92 Å². The molecule has 122 valence electrons. The number of ether oxygens (including phenoxy) is 1. The molecule has 0 aromatic carbocycles. The average molecular weight is 332 g/mol. The van der Waals surface area contributed by atoms with Gasteiger partial charge in [0.15, 0.2) is 5.13 Å².